The Morgan fingerprint density at radius 1 is 1.26 bits per heavy atom. The van der Waals surface area contributed by atoms with Gasteiger partial charge in [-0.2, -0.15) is 13.2 Å². The highest BCUT2D eigenvalue weighted by Gasteiger charge is 2.30. The fraction of sp³-hybridized carbons (Fsp3) is 0.188. The molecular formula is C16H13F3N6OS. The van der Waals surface area contributed by atoms with Gasteiger partial charge in [-0.25, -0.2) is 9.67 Å². The highest BCUT2D eigenvalue weighted by atomic mass is 32.2. The van der Waals surface area contributed by atoms with E-state index in [-0.39, 0.29) is 11.7 Å². The van der Waals surface area contributed by atoms with Gasteiger partial charge in [-0.05, 0) is 34.7 Å². The van der Waals surface area contributed by atoms with E-state index in [4.69, 9.17) is 0 Å². The zero-order valence-corrected chi connectivity index (χ0v) is 14.8. The van der Waals surface area contributed by atoms with Crippen molar-refractivity contribution in [1.82, 2.24) is 25.2 Å². The Morgan fingerprint density at radius 3 is 2.70 bits per heavy atom. The third-order valence-electron chi connectivity index (χ3n) is 3.44. The Kier molecular flexibility index (Phi) is 5.40. The molecular weight excluding hydrogens is 381 g/mol. The van der Waals surface area contributed by atoms with E-state index in [1.165, 1.54) is 10.7 Å². The first-order chi connectivity index (χ1) is 12.8. The van der Waals surface area contributed by atoms with Gasteiger partial charge in [-0.3, -0.25) is 4.79 Å². The number of benzene rings is 1. The SMILES string of the molecule is Cn1nnnc1-c1cccc(NC(=O)CSc2ccc(C(F)(F)F)cn2)c1. The van der Waals surface area contributed by atoms with Crippen molar-refractivity contribution in [2.45, 2.75) is 11.2 Å². The lowest BCUT2D eigenvalue weighted by Gasteiger charge is -2.08. The number of rotatable bonds is 5. The van der Waals surface area contributed by atoms with E-state index in [2.05, 4.69) is 25.8 Å². The molecule has 3 rings (SSSR count). The molecule has 7 nitrogen and oxygen atoms in total. The Morgan fingerprint density at radius 2 is 2.07 bits per heavy atom. The van der Waals surface area contributed by atoms with E-state index in [1.54, 1.807) is 25.2 Å². The molecule has 11 heteroatoms. The molecule has 0 bridgehead atoms. The van der Waals surface area contributed by atoms with Crippen molar-refractivity contribution >= 4 is 23.4 Å². The van der Waals surface area contributed by atoms with Crippen molar-refractivity contribution in [3.8, 4) is 11.4 Å². The van der Waals surface area contributed by atoms with Crippen molar-refractivity contribution in [1.29, 1.82) is 0 Å². The first-order valence-electron chi connectivity index (χ1n) is 7.61. The lowest BCUT2D eigenvalue weighted by atomic mass is 10.2. The molecule has 0 aliphatic carbocycles. The molecule has 140 valence electrons. The van der Waals surface area contributed by atoms with Crippen molar-refractivity contribution in [2.24, 2.45) is 7.05 Å². The minimum atomic E-state index is -4.43. The van der Waals surface area contributed by atoms with Gasteiger partial charge in [-0.1, -0.05) is 23.9 Å². The summed E-state index contributed by atoms with van der Waals surface area (Å²) in [4.78, 5) is 15.8. The van der Waals surface area contributed by atoms with Crippen LogP contribution in [0.5, 0.6) is 0 Å². The molecule has 0 aliphatic heterocycles. The van der Waals surface area contributed by atoms with Gasteiger partial charge in [-0.15, -0.1) is 5.10 Å². The van der Waals surface area contributed by atoms with Crippen molar-refractivity contribution in [3.05, 3.63) is 48.2 Å². The highest BCUT2D eigenvalue weighted by molar-refractivity contribution is 7.99. The normalized spacial score (nSPS) is 11.4. The van der Waals surface area contributed by atoms with Crippen LogP contribution in [0.2, 0.25) is 0 Å². The van der Waals surface area contributed by atoms with E-state index in [1.807, 2.05) is 6.07 Å². The first-order valence-corrected chi connectivity index (χ1v) is 8.60. The number of tetrazole rings is 1. The van der Waals surface area contributed by atoms with Crippen LogP contribution >= 0.6 is 11.8 Å². The van der Waals surface area contributed by atoms with Crippen LogP contribution in [0.1, 0.15) is 5.56 Å². The smallest absolute Gasteiger partial charge is 0.325 e. The summed E-state index contributed by atoms with van der Waals surface area (Å²) in [5.41, 5.74) is 0.463. The lowest BCUT2D eigenvalue weighted by Crippen LogP contribution is -2.14. The van der Waals surface area contributed by atoms with Crippen LogP contribution in [0.3, 0.4) is 0 Å². The molecule has 0 atom stereocenters. The Bertz CT molecular complexity index is 942. The summed E-state index contributed by atoms with van der Waals surface area (Å²) in [5.74, 6) is 0.248. The standard InChI is InChI=1S/C16H13F3N6OS/c1-25-15(22-23-24-25)10-3-2-4-12(7-10)21-13(26)9-27-14-6-5-11(8-20-14)16(17,18)19/h2-8H,9H2,1H3,(H,21,26). The summed E-state index contributed by atoms with van der Waals surface area (Å²) in [6.45, 7) is 0. The molecule has 0 aliphatic rings. The molecule has 3 aromatic rings. The van der Waals surface area contributed by atoms with Crippen molar-refractivity contribution in [2.75, 3.05) is 11.1 Å². The second kappa shape index (κ2) is 7.74. The third-order valence-corrected chi connectivity index (χ3v) is 4.38. The summed E-state index contributed by atoms with van der Waals surface area (Å²) in [6.07, 6.45) is -3.69. The van der Waals surface area contributed by atoms with Gasteiger partial charge in [0.25, 0.3) is 0 Å². The van der Waals surface area contributed by atoms with Gasteiger partial charge in [0.2, 0.25) is 5.91 Å². The number of carbonyl (C=O) groups is 1. The molecule has 0 saturated heterocycles. The molecule has 27 heavy (non-hydrogen) atoms. The van der Waals surface area contributed by atoms with Crippen LogP contribution in [0.15, 0.2) is 47.6 Å². The predicted octanol–water partition coefficient (Wildman–Crippen LogP) is 3.02. The molecule has 1 N–H and O–H groups in total. The lowest BCUT2D eigenvalue weighted by molar-refractivity contribution is -0.137. The average Bonchev–Trinajstić information content (AvgIpc) is 3.06. The number of thioether (sulfide) groups is 1. The van der Waals surface area contributed by atoms with Gasteiger partial charge in [0, 0.05) is 24.5 Å². The van der Waals surface area contributed by atoms with Gasteiger partial charge in [0.15, 0.2) is 5.82 Å². The minimum Gasteiger partial charge on any atom is -0.325 e. The molecule has 0 fully saturated rings. The highest BCUT2D eigenvalue weighted by Crippen LogP contribution is 2.29. The molecule has 0 spiro atoms. The summed E-state index contributed by atoms with van der Waals surface area (Å²) in [6, 6.07) is 9.18. The number of hydrogen-bond acceptors (Lipinski definition) is 6. The second-order valence-corrected chi connectivity index (χ2v) is 6.42. The van der Waals surface area contributed by atoms with Gasteiger partial charge in [0.1, 0.15) is 0 Å². The number of hydrogen-bond donors (Lipinski definition) is 1. The number of pyridine rings is 1. The Balaban J connectivity index is 1.59. The molecule has 0 unspecified atom stereocenters. The summed E-state index contributed by atoms with van der Waals surface area (Å²) < 4.78 is 39.0. The molecule has 2 aromatic heterocycles. The molecule has 0 radical (unpaired) electrons. The van der Waals surface area contributed by atoms with E-state index in [9.17, 15) is 18.0 Å². The topological polar surface area (TPSA) is 85.6 Å². The van der Waals surface area contributed by atoms with Crippen LogP contribution in [-0.2, 0) is 18.0 Å². The number of aryl methyl sites for hydroxylation is 1. The Hall–Kier alpha value is -2.95. The number of carbonyl (C=O) groups excluding carboxylic acids is 1. The minimum absolute atomic E-state index is 0.00804. The zero-order chi connectivity index (χ0) is 19.4. The number of aromatic nitrogens is 5. The third kappa shape index (κ3) is 4.82. The van der Waals surface area contributed by atoms with Crippen LogP contribution in [0, 0.1) is 0 Å². The fourth-order valence-corrected chi connectivity index (χ4v) is 2.82. The number of nitrogens with zero attached hydrogens (tertiary/aromatic N) is 5. The number of alkyl halides is 3. The zero-order valence-electron chi connectivity index (χ0n) is 13.9. The summed E-state index contributed by atoms with van der Waals surface area (Å²) in [7, 11) is 1.70. The first kappa shape index (κ1) is 18.8. The van der Waals surface area contributed by atoms with E-state index >= 15 is 0 Å². The van der Waals surface area contributed by atoms with Gasteiger partial charge < -0.3 is 5.32 Å². The van der Waals surface area contributed by atoms with E-state index < -0.39 is 11.7 Å². The Labute approximate surface area is 156 Å². The quantitative estimate of drug-likeness (QED) is 0.670. The maximum Gasteiger partial charge on any atom is 0.417 e. The number of nitrogens with one attached hydrogen (secondary N) is 1. The van der Waals surface area contributed by atoms with E-state index in [0.29, 0.717) is 16.5 Å². The van der Waals surface area contributed by atoms with Gasteiger partial charge >= 0.3 is 6.18 Å². The summed E-state index contributed by atoms with van der Waals surface area (Å²) >= 11 is 1.04. The number of halogens is 3. The molecule has 1 aromatic carbocycles. The maximum atomic E-state index is 12.5. The second-order valence-electron chi connectivity index (χ2n) is 5.43. The van der Waals surface area contributed by atoms with Crippen LogP contribution in [0.25, 0.3) is 11.4 Å². The molecule has 0 saturated carbocycles. The molecule has 1 amide bonds. The molecule has 2 heterocycles. The largest absolute Gasteiger partial charge is 0.417 e. The maximum absolute atomic E-state index is 12.5. The van der Waals surface area contributed by atoms with Crippen LogP contribution < -0.4 is 5.32 Å². The van der Waals surface area contributed by atoms with Crippen LogP contribution in [-0.4, -0.2) is 36.9 Å². The van der Waals surface area contributed by atoms with Crippen molar-refractivity contribution < 1.29 is 18.0 Å². The number of anilines is 1. The predicted molar refractivity (Wildman–Crippen MR) is 92.8 cm³/mol. The summed E-state index contributed by atoms with van der Waals surface area (Å²) in [5, 5.41) is 14.3. The average molecular weight is 394 g/mol. The van der Waals surface area contributed by atoms with Crippen molar-refractivity contribution in [3.63, 3.8) is 0 Å². The van der Waals surface area contributed by atoms with Gasteiger partial charge in [0.05, 0.1) is 16.3 Å². The fourth-order valence-electron chi connectivity index (χ4n) is 2.18. The number of amides is 1. The monoisotopic (exact) mass is 394 g/mol. The van der Waals surface area contributed by atoms with Crippen LogP contribution in [0.4, 0.5) is 18.9 Å². The van der Waals surface area contributed by atoms with E-state index in [0.717, 1.165) is 29.6 Å².